The first kappa shape index (κ1) is 29.2. The van der Waals surface area contributed by atoms with Gasteiger partial charge in [0.15, 0.2) is 0 Å². The molecule has 5 nitrogen and oxygen atoms in total. The van der Waals surface area contributed by atoms with Crippen molar-refractivity contribution in [2.75, 3.05) is 13.2 Å². The molecule has 0 radical (unpaired) electrons. The number of allylic oxidation sites excluding steroid dienone is 6. The number of carbonyl (C=O) groups is 1. The Balaban J connectivity index is 0.00000182. The highest BCUT2D eigenvalue weighted by molar-refractivity contribution is 6.34. The summed E-state index contributed by atoms with van der Waals surface area (Å²) in [5, 5.41) is 5.73. The van der Waals surface area contributed by atoms with Crippen molar-refractivity contribution >= 4 is 29.2 Å². The molecule has 0 N–H and O–H groups in total. The summed E-state index contributed by atoms with van der Waals surface area (Å²) in [6.45, 7) is 7.77. The summed E-state index contributed by atoms with van der Waals surface area (Å²) in [6, 6.07) is 6.07. The number of rotatable bonds is 7. The van der Waals surface area contributed by atoms with Gasteiger partial charge in [0.25, 0.3) is 0 Å². The Kier molecular flexibility index (Phi) is 12.4. The van der Waals surface area contributed by atoms with Crippen molar-refractivity contribution in [3.05, 3.63) is 71.3 Å². The molecule has 9 heteroatoms. The smallest absolute Gasteiger partial charge is 0.272 e. The number of alkyl halides is 3. The summed E-state index contributed by atoms with van der Waals surface area (Å²) in [4.78, 5) is 17.3. The van der Waals surface area contributed by atoms with Gasteiger partial charge in [0.2, 0.25) is 0 Å². The van der Waals surface area contributed by atoms with Crippen LogP contribution in [-0.2, 0) is 0 Å². The van der Waals surface area contributed by atoms with Gasteiger partial charge in [-0.3, -0.25) is 4.90 Å². The first-order valence-electron chi connectivity index (χ1n) is 11.0. The lowest BCUT2D eigenvalue weighted by molar-refractivity contribution is -0.134. The van der Waals surface area contributed by atoms with E-state index in [0.29, 0.717) is 21.2 Å². The van der Waals surface area contributed by atoms with E-state index in [9.17, 15) is 18.0 Å². The van der Waals surface area contributed by atoms with Gasteiger partial charge in [-0.05, 0) is 19.9 Å². The molecule has 1 aliphatic rings. The first-order chi connectivity index (χ1) is 16.1. The van der Waals surface area contributed by atoms with Crippen molar-refractivity contribution < 1.29 is 18.0 Å². The molecule has 0 bridgehead atoms. The van der Waals surface area contributed by atoms with Gasteiger partial charge < -0.3 is 0 Å². The maximum absolute atomic E-state index is 12.9. The van der Waals surface area contributed by atoms with Gasteiger partial charge in [-0.15, -0.1) is 0 Å². The number of carbonyl (C=O) groups excluding carboxylic acids is 1. The van der Waals surface area contributed by atoms with Crippen LogP contribution < -0.4 is 0 Å². The molecule has 1 aromatic rings. The van der Waals surface area contributed by atoms with Crippen molar-refractivity contribution in [2.24, 2.45) is 16.0 Å². The lowest BCUT2D eigenvalue weighted by atomic mass is 9.97. The molecule has 1 unspecified atom stereocenters. The van der Waals surface area contributed by atoms with Gasteiger partial charge >= 0.3 is 12.2 Å². The van der Waals surface area contributed by atoms with E-state index in [1.807, 2.05) is 50.3 Å². The molecule has 0 saturated carbocycles. The molecule has 0 fully saturated rings. The monoisotopic (exact) mass is 496 g/mol. The zero-order chi connectivity index (χ0) is 25.7. The lowest BCUT2D eigenvalue weighted by Crippen LogP contribution is -2.51. The van der Waals surface area contributed by atoms with Gasteiger partial charge in [-0.1, -0.05) is 93.4 Å². The largest absolute Gasteiger partial charge is 0.406 e. The minimum atomic E-state index is -4.56. The van der Waals surface area contributed by atoms with Crippen LogP contribution in [0.2, 0.25) is 5.02 Å². The maximum atomic E-state index is 12.9. The Hall–Kier alpha value is -2.87. The number of urea groups is 1. The second kappa shape index (κ2) is 14.4. The van der Waals surface area contributed by atoms with Gasteiger partial charge in [0.05, 0.1) is 5.71 Å². The molecule has 1 heterocycles. The molecule has 1 aliphatic heterocycles. The van der Waals surface area contributed by atoms with Crippen molar-refractivity contribution in [3.63, 3.8) is 0 Å². The van der Waals surface area contributed by atoms with E-state index in [4.69, 9.17) is 11.6 Å². The topological polar surface area (TPSA) is 48.3 Å². The molecular weight excluding hydrogens is 465 g/mol. The number of aliphatic imine (C=N–C) groups is 1. The number of hydrazone groups is 1. The van der Waals surface area contributed by atoms with Crippen LogP contribution in [0, 0.1) is 5.92 Å². The number of nitrogens with zero attached hydrogens (tertiary/aromatic N) is 4. The number of amidine groups is 1. The Morgan fingerprint density at radius 3 is 2.41 bits per heavy atom. The highest BCUT2D eigenvalue weighted by atomic mass is 35.5. The second-order valence-corrected chi connectivity index (χ2v) is 7.89. The summed E-state index contributed by atoms with van der Waals surface area (Å²) in [5.41, 5.74) is 1.02. The van der Waals surface area contributed by atoms with E-state index in [1.165, 1.54) is 13.3 Å². The minimum Gasteiger partial charge on any atom is -0.272 e. The van der Waals surface area contributed by atoms with Gasteiger partial charge in [0.1, 0.15) is 19.0 Å². The molecule has 34 heavy (non-hydrogen) atoms. The second-order valence-electron chi connectivity index (χ2n) is 7.49. The van der Waals surface area contributed by atoms with Crippen molar-refractivity contribution in [3.8, 4) is 0 Å². The fourth-order valence-corrected chi connectivity index (χ4v) is 3.01. The third kappa shape index (κ3) is 9.55. The molecule has 1 aromatic carbocycles. The zero-order valence-electron chi connectivity index (χ0n) is 20.2. The normalized spacial score (nSPS) is 16.3. The quantitative estimate of drug-likeness (QED) is 0.285. The molecule has 0 aromatic heterocycles. The molecule has 0 saturated heterocycles. The van der Waals surface area contributed by atoms with E-state index >= 15 is 0 Å². The fraction of sp³-hybridized carbons (Fsp3) is 0.400. The highest BCUT2D eigenvalue weighted by Crippen LogP contribution is 2.24. The summed E-state index contributed by atoms with van der Waals surface area (Å²) in [5.74, 6) is -0.291. The van der Waals surface area contributed by atoms with Crippen LogP contribution in [0.15, 0.2) is 70.8 Å². The predicted octanol–water partition coefficient (Wildman–Crippen LogP) is 7.46. The molecule has 186 valence electrons. The van der Waals surface area contributed by atoms with Crippen LogP contribution in [0.3, 0.4) is 0 Å². The molecule has 2 rings (SSSR count). The highest BCUT2D eigenvalue weighted by Gasteiger charge is 2.38. The third-order valence-electron chi connectivity index (χ3n) is 4.35. The number of hydrogen-bond donors (Lipinski definition) is 0. The van der Waals surface area contributed by atoms with Gasteiger partial charge in [-0.2, -0.15) is 23.3 Å². The van der Waals surface area contributed by atoms with E-state index in [-0.39, 0.29) is 18.4 Å². The van der Waals surface area contributed by atoms with E-state index in [0.717, 1.165) is 5.01 Å². The molecule has 0 aliphatic carbocycles. The standard InChI is InChI=1S/C22H24ClF3N4O.C3H8/c1-4-5-6-7-8-11-16(2)20(18-12-9-10-13-19(18)23)28-30-15-27-17(3)29(21(30)31)14-22(24,25)26;1-3-2/h4-13,16H,14-15H2,1-3H3;3H2,1-2H3/b5-4-,7-6-,11-8+,28-20+;. The predicted molar refractivity (Wildman–Crippen MR) is 134 cm³/mol. The molecule has 0 spiro atoms. The first-order valence-corrected chi connectivity index (χ1v) is 11.4. The van der Waals surface area contributed by atoms with Crippen LogP contribution in [0.1, 0.15) is 46.6 Å². The minimum absolute atomic E-state index is 0.00451. The molecule has 2 amide bonds. The Bertz CT molecular complexity index is 952. The summed E-state index contributed by atoms with van der Waals surface area (Å²) in [7, 11) is 0. The summed E-state index contributed by atoms with van der Waals surface area (Å²) in [6.07, 6.45) is 7.84. The average Bonchev–Trinajstić information content (AvgIpc) is 2.76. The van der Waals surface area contributed by atoms with Crippen LogP contribution in [-0.4, -0.2) is 46.9 Å². The SMILES string of the molecule is CCC.C\C=C/C=C\C=C\C(C)/C(=N\N1CN=C(C)N(CC(F)(F)F)C1=O)c1ccccc1Cl. The molecular formula is C25H32ClF3N4O. The van der Waals surface area contributed by atoms with Crippen molar-refractivity contribution in [1.82, 2.24) is 9.91 Å². The van der Waals surface area contributed by atoms with E-state index in [1.54, 1.807) is 24.3 Å². The average molecular weight is 497 g/mol. The number of halogens is 4. The van der Waals surface area contributed by atoms with Crippen LogP contribution in [0.25, 0.3) is 0 Å². The van der Waals surface area contributed by atoms with E-state index < -0.39 is 18.8 Å². The summed E-state index contributed by atoms with van der Waals surface area (Å²) >= 11 is 6.34. The van der Waals surface area contributed by atoms with Gasteiger partial charge in [-0.25, -0.2) is 9.79 Å². The molecule has 1 atom stereocenters. The number of hydrogen-bond acceptors (Lipinski definition) is 3. The summed E-state index contributed by atoms with van der Waals surface area (Å²) < 4.78 is 38.7. The fourth-order valence-electron chi connectivity index (χ4n) is 2.78. The van der Waals surface area contributed by atoms with E-state index in [2.05, 4.69) is 23.9 Å². The van der Waals surface area contributed by atoms with Crippen LogP contribution >= 0.6 is 11.6 Å². The number of benzene rings is 1. The Labute approximate surface area is 205 Å². The number of amides is 2. The third-order valence-corrected chi connectivity index (χ3v) is 4.68. The van der Waals surface area contributed by atoms with Crippen molar-refractivity contribution in [1.29, 1.82) is 0 Å². The Morgan fingerprint density at radius 1 is 1.21 bits per heavy atom. The van der Waals surface area contributed by atoms with Crippen molar-refractivity contribution in [2.45, 2.75) is 47.2 Å². The Morgan fingerprint density at radius 2 is 1.82 bits per heavy atom. The zero-order valence-corrected chi connectivity index (χ0v) is 20.9. The van der Waals surface area contributed by atoms with Gasteiger partial charge in [0, 0.05) is 16.5 Å². The lowest BCUT2D eigenvalue weighted by Gasteiger charge is -2.32. The van der Waals surface area contributed by atoms with Crippen LogP contribution in [0.4, 0.5) is 18.0 Å². The maximum Gasteiger partial charge on any atom is 0.406 e. The van der Waals surface area contributed by atoms with Crippen LogP contribution in [0.5, 0.6) is 0 Å².